The van der Waals surface area contributed by atoms with Crippen molar-refractivity contribution in [1.82, 2.24) is 4.90 Å². The molecule has 0 aromatic carbocycles. The molecular weight excluding hydrogens is 162 g/mol. The van der Waals surface area contributed by atoms with Crippen LogP contribution >= 0.6 is 0 Å². The molecule has 0 unspecified atom stereocenters. The molecule has 0 aliphatic heterocycles. The average Bonchev–Trinajstić information content (AvgIpc) is 2.14. The van der Waals surface area contributed by atoms with Gasteiger partial charge in [0.15, 0.2) is 0 Å². The Morgan fingerprint density at radius 1 is 1.31 bits per heavy atom. The van der Waals surface area contributed by atoms with E-state index in [2.05, 4.69) is 31.0 Å². The van der Waals surface area contributed by atoms with Crippen molar-refractivity contribution >= 4 is 0 Å². The van der Waals surface area contributed by atoms with E-state index >= 15 is 0 Å². The number of hydrogen-bond acceptors (Lipinski definition) is 2. The van der Waals surface area contributed by atoms with Crippen LogP contribution in [0.4, 0.5) is 0 Å². The first-order valence-corrected chi connectivity index (χ1v) is 5.13. The summed E-state index contributed by atoms with van der Waals surface area (Å²) < 4.78 is 4.95. The third-order valence-corrected chi connectivity index (χ3v) is 1.97. The Kier molecular flexibility index (Phi) is 9.49. The molecule has 78 valence electrons. The van der Waals surface area contributed by atoms with Crippen LogP contribution in [0.2, 0.25) is 0 Å². The zero-order valence-corrected chi connectivity index (χ0v) is 9.25. The van der Waals surface area contributed by atoms with Crippen LogP contribution in [0.15, 0.2) is 12.2 Å². The Labute approximate surface area is 82.6 Å². The topological polar surface area (TPSA) is 12.5 Å². The van der Waals surface area contributed by atoms with Crippen LogP contribution in [0.1, 0.15) is 26.2 Å². The fraction of sp³-hybridized carbons (Fsp3) is 0.818. The summed E-state index contributed by atoms with van der Waals surface area (Å²) in [6, 6.07) is 0. The second-order valence-electron chi connectivity index (χ2n) is 3.37. The highest BCUT2D eigenvalue weighted by Crippen LogP contribution is 1.92. The molecule has 0 N–H and O–H groups in total. The highest BCUT2D eigenvalue weighted by Gasteiger charge is 1.92. The molecule has 0 saturated carbocycles. The third kappa shape index (κ3) is 9.57. The Balaban J connectivity index is 3.23. The van der Waals surface area contributed by atoms with Gasteiger partial charge in [-0.3, -0.25) is 0 Å². The molecule has 0 fully saturated rings. The van der Waals surface area contributed by atoms with Crippen LogP contribution < -0.4 is 0 Å². The largest absolute Gasteiger partial charge is 0.384 e. The van der Waals surface area contributed by atoms with Gasteiger partial charge >= 0.3 is 0 Å². The van der Waals surface area contributed by atoms with E-state index in [1.807, 2.05) is 0 Å². The SMILES string of the molecule is CCCCN(C)C/C=C/CCOC. The summed E-state index contributed by atoms with van der Waals surface area (Å²) in [5, 5.41) is 0. The Hall–Kier alpha value is -0.340. The first kappa shape index (κ1) is 12.7. The Bertz CT molecular complexity index is 123. The van der Waals surface area contributed by atoms with Crippen LogP contribution in [0.25, 0.3) is 0 Å². The van der Waals surface area contributed by atoms with Gasteiger partial charge in [0, 0.05) is 20.3 Å². The molecule has 0 aliphatic rings. The first-order valence-electron chi connectivity index (χ1n) is 5.13. The molecule has 0 aliphatic carbocycles. The van der Waals surface area contributed by atoms with Gasteiger partial charge in [-0.15, -0.1) is 0 Å². The fourth-order valence-corrected chi connectivity index (χ4v) is 1.08. The number of nitrogens with zero attached hydrogens (tertiary/aromatic N) is 1. The average molecular weight is 185 g/mol. The van der Waals surface area contributed by atoms with Crippen LogP contribution in [-0.2, 0) is 4.74 Å². The van der Waals surface area contributed by atoms with Gasteiger partial charge in [0.2, 0.25) is 0 Å². The number of unbranched alkanes of at least 4 members (excludes halogenated alkanes) is 1. The number of methoxy groups -OCH3 is 1. The molecule has 0 spiro atoms. The van der Waals surface area contributed by atoms with Crippen LogP contribution in [-0.4, -0.2) is 38.8 Å². The molecule has 2 nitrogen and oxygen atoms in total. The molecule has 0 rings (SSSR count). The second-order valence-corrected chi connectivity index (χ2v) is 3.37. The lowest BCUT2D eigenvalue weighted by molar-refractivity contribution is 0.204. The van der Waals surface area contributed by atoms with E-state index in [-0.39, 0.29) is 0 Å². The van der Waals surface area contributed by atoms with Crippen molar-refractivity contribution in [2.45, 2.75) is 26.2 Å². The van der Waals surface area contributed by atoms with E-state index in [1.165, 1.54) is 19.4 Å². The summed E-state index contributed by atoms with van der Waals surface area (Å²) >= 11 is 0. The van der Waals surface area contributed by atoms with Gasteiger partial charge in [0.05, 0.1) is 0 Å². The van der Waals surface area contributed by atoms with Crippen LogP contribution in [0, 0.1) is 0 Å². The molecule has 0 saturated heterocycles. The first-order chi connectivity index (χ1) is 6.31. The number of likely N-dealkylation sites (N-methyl/N-ethyl adjacent to an activating group) is 1. The van der Waals surface area contributed by atoms with Gasteiger partial charge in [-0.2, -0.15) is 0 Å². The number of rotatable bonds is 8. The van der Waals surface area contributed by atoms with E-state index in [0.717, 1.165) is 19.6 Å². The van der Waals surface area contributed by atoms with Gasteiger partial charge < -0.3 is 9.64 Å². The van der Waals surface area contributed by atoms with E-state index in [9.17, 15) is 0 Å². The predicted octanol–water partition coefficient (Wildman–Crippen LogP) is 2.31. The quantitative estimate of drug-likeness (QED) is 0.425. The van der Waals surface area contributed by atoms with Crippen LogP contribution in [0.5, 0.6) is 0 Å². The normalized spacial score (nSPS) is 11.7. The van der Waals surface area contributed by atoms with Crippen molar-refractivity contribution in [3.8, 4) is 0 Å². The van der Waals surface area contributed by atoms with Crippen molar-refractivity contribution in [3.63, 3.8) is 0 Å². The van der Waals surface area contributed by atoms with Crippen molar-refractivity contribution in [2.75, 3.05) is 33.9 Å². The molecular formula is C11H23NO. The highest BCUT2D eigenvalue weighted by atomic mass is 16.5. The second kappa shape index (κ2) is 9.75. The molecule has 2 heteroatoms. The highest BCUT2D eigenvalue weighted by molar-refractivity contribution is 4.83. The summed E-state index contributed by atoms with van der Waals surface area (Å²) in [6.07, 6.45) is 8.00. The van der Waals surface area contributed by atoms with Gasteiger partial charge in [0.1, 0.15) is 0 Å². The van der Waals surface area contributed by atoms with Gasteiger partial charge in [0.25, 0.3) is 0 Å². The minimum atomic E-state index is 0.829. The van der Waals surface area contributed by atoms with Gasteiger partial charge in [-0.05, 0) is 26.4 Å². The molecule has 0 aromatic rings. The lowest BCUT2D eigenvalue weighted by atomic mass is 10.3. The smallest absolute Gasteiger partial charge is 0.0496 e. The molecule has 0 radical (unpaired) electrons. The van der Waals surface area contributed by atoms with Crippen molar-refractivity contribution in [1.29, 1.82) is 0 Å². The Morgan fingerprint density at radius 2 is 2.08 bits per heavy atom. The molecule has 0 heterocycles. The molecule has 13 heavy (non-hydrogen) atoms. The molecule has 0 bridgehead atoms. The third-order valence-electron chi connectivity index (χ3n) is 1.97. The minimum absolute atomic E-state index is 0.829. The standard InChI is InChI=1S/C11H23NO/c1-4-5-9-12(2)10-7-6-8-11-13-3/h6-7H,4-5,8-11H2,1-3H3/b7-6+. The maximum Gasteiger partial charge on any atom is 0.0496 e. The lowest BCUT2D eigenvalue weighted by Gasteiger charge is -2.12. The van der Waals surface area contributed by atoms with Crippen molar-refractivity contribution < 1.29 is 4.74 Å². The van der Waals surface area contributed by atoms with Gasteiger partial charge in [-0.1, -0.05) is 25.5 Å². The summed E-state index contributed by atoms with van der Waals surface area (Å²) in [7, 11) is 3.90. The molecule has 0 amide bonds. The Morgan fingerprint density at radius 3 is 2.69 bits per heavy atom. The molecule has 0 aromatic heterocycles. The number of hydrogen-bond donors (Lipinski definition) is 0. The van der Waals surface area contributed by atoms with Crippen molar-refractivity contribution in [2.24, 2.45) is 0 Å². The maximum absolute atomic E-state index is 4.95. The summed E-state index contributed by atoms with van der Waals surface area (Å²) in [4.78, 5) is 2.34. The van der Waals surface area contributed by atoms with E-state index < -0.39 is 0 Å². The monoisotopic (exact) mass is 185 g/mol. The van der Waals surface area contributed by atoms with E-state index in [4.69, 9.17) is 4.74 Å². The maximum atomic E-state index is 4.95. The lowest BCUT2D eigenvalue weighted by Crippen LogP contribution is -2.19. The van der Waals surface area contributed by atoms with Crippen molar-refractivity contribution in [3.05, 3.63) is 12.2 Å². The number of ether oxygens (including phenoxy) is 1. The zero-order chi connectivity index (χ0) is 9.94. The minimum Gasteiger partial charge on any atom is -0.384 e. The van der Waals surface area contributed by atoms with Gasteiger partial charge in [-0.25, -0.2) is 0 Å². The zero-order valence-electron chi connectivity index (χ0n) is 9.25. The fourth-order valence-electron chi connectivity index (χ4n) is 1.08. The van der Waals surface area contributed by atoms with E-state index in [1.54, 1.807) is 7.11 Å². The summed E-state index contributed by atoms with van der Waals surface area (Å²) in [5.41, 5.74) is 0. The molecule has 0 atom stereocenters. The summed E-state index contributed by atoms with van der Waals surface area (Å²) in [5.74, 6) is 0. The van der Waals surface area contributed by atoms with E-state index in [0.29, 0.717) is 0 Å². The van der Waals surface area contributed by atoms with Crippen LogP contribution in [0.3, 0.4) is 0 Å². The predicted molar refractivity (Wildman–Crippen MR) is 58.0 cm³/mol. The summed E-state index contributed by atoms with van der Waals surface area (Å²) in [6.45, 7) is 5.31.